The first-order valence-electron chi connectivity index (χ1n) is 9.61. The van der Waals surface area contributed by atoms with Gasteiger partial charge in [0.2, 0.25) is 5.91 Å². The molecule has 156 valence electrons. The highest BCUT2D eigenvalue weighted by Gasteiger charge is 2.28. The van der Waals surface area contributed by atoms with E-state index in [1.54, 1.807) is 0 Å². The minimum absolute atomic E-state index is 0.101. The van der Waals surface area contributed by atoms with Crippen molar-refractivity contribution in [1.82, 2.24) is 15.5 Å². The zero-order valence-electron chi connectivity index (χ0n) is 15.8. The lowest BCUT2D eigenvalue weighted by atomic mass is 9.85. The number of H-pyrrole nitrogens is 1. The second-order valence-electron chi connectivity index (χ2n) is 7.40. The molecule has 2 amide bonds. The van der Waals surface area contributed by atoms with Gasteiger partial charge in [-0.2, -0.15) is 5.10 Å². The van der Waals surface area contributed by atoms with Crippen LogP contribution in [0.5, 0.6) is 0 Å². The van der Waals surface area contributed by atoms with Crippen LogP contribution >= 0.6 is 11.6 Å². The molecule has 0 aliphatic heterocycles. The molecule has 3 N–H and O–H groups in total. The molecule has 1 fully saturated rings. The van der Waals surface area contributed by atoms with E-state index in [1.165, 1.54) is 30.3 Å². The fraction of sp³-hybridized carbons (Fsp3) is 0.286. The van der Waals surface area contributed by atoms with Crippen molar-refractivity contribution in [3.05, 3.63) is 58.7 Å². The van der Waals surface area contributed by atoms with E-state index in [9.17, 15) is 18.4 Å². The highest BCUT2D eigenvalue weighted by molar-refractivity contribution is 6.33. The zero-order valence-corrected chi connectivity index (χ0v) is 16.6. The molecule has 0 bridgehead atoms. The molecular formula is C21H19ClF2N4O2. The van der Waals surface area contributed by atoms with E-state index in [4.69, 9.17) is 11.6 Å². The number of carbonyl (C=O) groups excluding carboxylic acids is 2. The lowest BCUT2D eigenvalue weighted by Gasteiger charge is -2.28. The van der Waals surface area contributed by atoms with Crippen molar-refractivity contribution in [3.63, 3.8) is 0 Å². The molecule has 4 rings (SSSR count). The highest BCUT2D eigenvalue weighted by Crippen LogP contribution is 2.28. The third-order valence-corrected chi connectivity index (χ3v) is 5.67. The van der Waals surface area contributed by atoms with E-state index in [-0.39, 0.29) is 34.5 Å². The molecule has 1 saturated carbocycles. The predicted octanol–water partition coefficient (Wildman–Crippen LogP) is 4.42. The number of hydrogen-bond donors (Lipinski definition) is 3. The van der Waals surface area contributed by atoms with E-state index < -0.39 is 11.6 Å². The summed E-state index contributed by atoms with van der Waals surface area (Å²) in [7, 11) is 0. The van der Waals surface area contributed by atoms with Crippen LogP contribution in [0.2, 0.25) is 5.02 Å². The summed E-state index contributed by atoms with van der Waals surface area (Å²) in [5.74, 6) is -1.69. The number of amides is 2. The van der Waals surface area contributed by atoms with Crippen LogP contribution in [-0.2, 0) is 4.79 Å². The van der Waals surface area contributed by atoms with Gasteiger partial charge in [-0.25, -0.2) is 8.78 Å². The van der Waals surface area contributed by atoms with Crippen molar-refractivity contribution in [3.8, 4) is 0 Å². The monoisotopic (exact) mass is 432 g/mol. The van der Waals surface area contributed by atoms with Crippen LogP contribution in [0.3, 0.4) is 0 Å². The van der Waals surface area contributed by atoms with E-state index in [0.29, 0.717) is 42.3 Å². The Morgan fingerprint density at radius 2 is 1.73 bits per heavy atom. The van der Waals surface area contributed by atoms with Gasteiger partial charge in [-0.1, -0.05) is 11.6 Å². The quantitative estimate of drug-likeness (QED) is 0.570. The van der Waals surface area contributed by atoms with Gasteiger partial charge in [-0.05, 0) is 62.1 Å². The number of halogens is 3. The van der Waals surface area contributed by atoms with Gasteiger partial charge in [-0.3, -0.25) is 14.7 Å². The van der Waals surface area contributed by atoms with Crippen molar-refractivity contribution in [1.29, 1.82) is 0 Å². The molecule has 0 radical (unpaired) electrons. The Balaban J connectivity index is 1.33. The summed E-state index contributed by atoms with van der Waals surface area (Å²) in [6.07, 6.45) is 2.42. The van der Waals surface area contributed by atoms with Gasteiger partial charge < -0.3 is 10.6 Å². The molecule has 1 heterocycles. The average Bonchev–Trinajstić information content (AvgIpc) is 3.13. The summed E-state index contributed by atoms with van der Waals surface area (Å²) in [5, 5.41) is 12.9. The van der Waals surface area contributed by atoms with Gasteiger partial charge in [0, 0.05) is 17.3 Å². The van der Waals surface area contributed by atoms with E-state index in [0.717, 1.165) is 6.07 Å². The molecule has 3 aromatic rings. The molecule has 2 aromatic carbocycles. The van der Waals surface area contributed by atoms with Crippen LogP contribution < -0.4 is 10.6 Å². The number of carbonyl (C=O) groups is 2. The summed E-state index contributed by atoms with van der Waals surface area (Å²) >= 11 is 5.96. The second-order valence-corrected chi connectivity index (χ2v) is 7.80. The number of fused-ring (bicyclic) bond motifs is 1. The van der Waals surface area contributed by atoms with Crippen LogP contribution in [0.25, 0.3) is 10.9 Å². The molecule has 9 heteroatoms. The Labute approximate surface area is 176 Å². The van der Waals surface area contributed by atoms with E-state index in [1.807, 2.05) is 0 Å². The van der Waals surface area contributed by atoms with Gasteiger partial charge in [0.15, 0.2) is 5.69 Å². The Bertz CT molecular complexity index is 1110. The van der Waals surface area contributed by atoms with E-state index in [2.05, 4.69) is 20.8 Å². The summed E-state index contributed by atoms with van der Waals surface area (Å²) in [4.78, 5) is 25.1. The van der Waals surface area contributed by atoms with Crippen molar-refractivity contribution in [2.24, 2.45) is 5.92 Å². The predicted molar refractivity (Wildman–Crippen MR) is 109 cm³/mol. The van der Waals surface area contributed by atoms with Crippen molar-refractivity contribution >= 4 is 40.0 Å². The topological polar surface area (TPSA) is 86.9 Å². The lowest BCUT2D eigenvalue weighted by Crippen LogP contribution is -2.39. The number of aromatic nitrogens is 2. The Kier molecular flexibility index (Phi) is 5.67. The third kappa shape index (κ3) is 4.28. The van der Waals surface area contributed by atoms with Gasteiger partial charge in [0.25, 0.3) is 5.91 Å². The first kappa shape index (κ1) is 20.3. The fourth-order valence-electron chi connectivity index (χ4n) is 3.74. The molecule has 1 aliphatic rings. The summed E-state index contributed by atoms with van der Waals surface area (Å²) < 4.78 is 26.6. The van der Waals surface area contributed by atoms with Crippen molar-refractivity contribution < 1.29 is 18.4 Å². The van der Waals surface area contributed by atoms with E-state index >= 15 is 0 Å². The largest absolute Gasteiger partial charge is 0.348 e. The zero-order chi connectivity index (χ0) is 21.3. The molecule has 6 nitrogen and oxygen atoms in total. The third-order valence-electron chi connectivity index (χ3n) is 5.36. The van der Waals surface area contributed by atoms with Gasteiger partial charge in [0.1, 0.15) is 11.6 Å². The number of aromatic amines is 1. The Hall–Kier alpha value is -3.00. The number of nitrogens with zero attached hydrogens (tertiary/aromatic N) is 1. The molecule has 0 spiro atoms. The number of nitrogens with one attached hydrogen (secondary N) is 3. The number of anilines is 1. The van der Waals surface area contributed by atoms with Crippen molar-refractivity contribution in [2.75, 3.05) is 5.32 Å². The standard InChI is InChI=1S/C21H19ClF2N4O2/c22-16-10-13(24)4-8-18(16)26-20(29)11-1-5-14(6-2-11)25-21(30)19-15-9-12(23)3-7-17(15)27-28-19/h3-4,7-11,14H,1-2,5-6H2,(H,25,30)(H,26,29)(H,27,28)/t11-,14-. The van der Waals surface area contributed by atoms with Crippen LogP contribution in [0.15, 0.2) is 36.4 Å². The SMILES string of the molecule is O=C(N[C@H]1CC[C@H](C(=O)Nc2ccc(F)cc2Cl)CC1)c1n[nH]c2ccc(F)cc12. The smallest absolute Gasteiger partial charge is 0.272 e. The van der Waals surface area contributed by atoms with Gasteiger partial charge in [0.05, 0.1) is 16.2 Å². The summed E-state index contributed by atoms with van der Waals surface area (Å²) in [6.45, 7) is 0. The first-order chi connectivity index (χ1) is 14.4. The summed E-state index contributed by atoms with van der Waals surface area (Å²) in [6, 6.07) is 7.82. The minimum atomic E-state index is -0.471. The van der Waals surface area contributed by atoms with Gasteiger partial charge in [-0.15, -0.1) is 0 Å². The maximum Gasteiger partial charge on any atom is 0.272 e. The molecule has 30 heavy (non-hydrogen) atoms. The average molecular weight is 433 g/mol. The Morgan fingerprint density at radius 1 is 1.03 bits per heavy atom. The van der Waals surface area contributed by atoms with Crippen LogP contribution in [0.4, 0.5) is 14.5 Å². The molecule has 1 aliphatic carbocycles. The van der Waals surface area contributed by atoms with Gasteiger partial charge >= 0.3 is 0 Å². The van der Waals surface area contributed by atoms with Crippen LogP contribution in [0, 0.1) is 17.6 Å². The lowest BCUT2D eigenvalue weighted by molar-refractivity contribution is -0.120. The highest BCUT2D eigenvalue weighted by atomic mass is 35.5. The Morgan fingerprint density at radius 3 is 2.47 bits per heavy atom. The molecule has 0 saturated heterocycles. The van der Waals surface area contributed by atoms with Crippen LogP contribution in [0.1, 0.15) is 36.2 Å². The normalized spacial score (nSPS) is 18.9. The first-order valence-corrected chi connectivity index (χ1v) is 9.99. The minimum Gasteiger partial charge on any atom is -0.348 e. The van der Waals surface area contributed by atoms with Crippen LogP contribution in [-0.4, -0.2) is 28.1 Å². The number of hydrogen-bond acceptors (Lipinski definition) is 3. The van der Waals surface area contributed by atoms with Crippen molar-refractivity contribution in [2.45, 2.75) is 31.7 Å². The molecule has 0 atom stereocenters. The maximum atomic E-state index is 13.5. The molecule has 0 unspecified atom stereocenters. The summed E-state index contributed by atoms with van der Waals surface area (Å²) in [5.41, 5.74) is 1.10. The second kappa shape index (κ2) is 8.39. The fourth-order valence-corrected chi connectivity index (χ4v) is 3.95. The number of benzene rings is 2. The molecule has 1 aromatic heterocycles. The maximum absolute atomic E-state index is 13.5. The molecular weight excluding hydrogens is 414 g/mol. The number of rotatable bonds is 4.